The van der Waals surface area contributed by atoms with Crippen LogP contribution in [0, 0.1) is 0 Å². The molecule has 2 heterocycles. The number of β-lactam (4-membered cyclic amide) rings is 1. The molecule has 0 bridgehead atoms. The molecule has 1 unspecified atom stereocenters. The van der Waals surface area contributed by atoms with Gasteiger partial charge in [-0.15, -0.1) is 0 Å². The van der Waals surface area contributed by atoms with Crippen LogP contribution in [0.2, 0.25) is 10.0 Å². The molecular formula is C19H13Cl2NO5S. The zero-order valence-electron chi connectivity index (χ0n) is 14.2. The van der Waals surface area contributed by atoms with Crippen LogP contribution < -0.4 is 0 Å². The lowest BCUT2D eigenvalue weighted by atomic mass is 9.99. The fourth-order valence-electron chi connectivity index (χ4n) is 3.53. The Kier molecular flexibility index (Phi) is 4.30. The van der Waals surface area contributed by atoms with Gasteiger partial charge in [0.2, 0.25) is 26.4 Å². The number of benzene rings is 2. The van der Waals surface area contributed by atoms with Gasteiger partial charge >= 0.3 is 0 Å². The molecule has 144 valence electrons. The van der Waals surface area contributed by atoms with E-state index in [1.807, 2.05) is 0 Å². The second kappa shape index (κ2) is 6.34. The first-order valence-electron chi connectivity index (χ1n) is 8.21. The molecule has 0 radical (unpaired) electrons. The molecule has 1 atom stereocenters. The molecule has 1 amide bonds. The number of halogens is 2. The molecule has 6 nitrogen and oxygen atoms in total. The third-order valence-electron chi connectivity index (χ3n) is 4.99. The number of rotatable bonds is 3. The van der Waals surface area contributed by atoms with Crippen LogP contribution in [-0.4, -0.2) is 41.5 Å². The van der Waals surface area contributed by atoms with Gasteiger partial charge in [-0.2, -0.15) is 0 Å². The minimum Gasteiger partial charge on any atom is -0.507 e. The lowest BCUT2D eigenvalue weighted by molar-refractivity contribution is -0.150. The van der Waals surface area contributed by atoms with E-state index in [4.69, 9.17) is 23.2 Å². The fourth-order valence-corrected chi connectivity index (χ4v) is 5.86. The highest BCUT2D eigenvalue weighted by Crippen LogP contribution is 2.48. The summed E-state index contributed by atoms with van der Waals surface area (Å²) in [4.78, 5) is 24.3. The van der Waals surface area contributed by atoms with E-state index in [9.17, 15) is 23.1 Å². The highest BCUT2D eigenvalue weighted by molar-refractivity contribution is 7.93. The van der Waals surface area contributed by atoms with Gasteiger partial charge in [0.1, 0.15) is 5.75 Å². The molecule has 0 saturated carbocycles. The number of carbonyl (C=O) groups is 2. The second-order valence-corrected chi connectivity index (χ2v) is 9.63. The van der Waals surface area contributed by atoms with Crippen LogP contribution >= 0.6 is 23.2 Å². The van der Waals surface area contributed by atoms with Gasteiger partial charge in [0.05, 0.1) is 17.9 Å². The highest BCUT2D eigenvalue weighted by atomic mass is 35.5. The first-order chi connectivity index (χ1) is 13.2. The molecule has 2 aliphatic heterocycles. The number of sulfone groups is 1. The van der Waals surface area contributed by atoms with Crippen LogP contribution in [0.25, 0.3) is 6.08 Å². The van der Waals surface area contributed by atoms with E-state index in [2.05, 4.69) is 0 Å². The lowest BCUT2D eigenvalue weighted by Crippen LogP contribution is -2.67. The Bertz CT molecular complexity index is 1160. The number of carbonyl (C=O) groups excluding carboxylic acids is 2. The maximum atomic E-state index is 13.2. The monoisotopic (exact) mass is 437 g/mol. The van der Waals surface area contributed by atoms with Crippen molar-refractivity contribution in [2.45, 2.75) is 16.2 Å². The Morgan fingerprint density at radius 2 is 1.68 bits per heavy atom. The van der Waals surface area contributed by atoms with Crippen LogP contribution in [0.4, 0.5) is 0 Å². The van der Waals surface area contributed by atoms with E-state index < -0.39 is 32.8 Å². The first-order valence-corrected chi connectivity index (χ1v) is 10.5. The summed E-state index contributed by atoms with van der Waals surface area (Å²) in [6.07, 6.45) is 0.948. The minimum atomic E-state index is -4.18. The third kappa shape index (κ3) is 2.57. The highest BCUT2D eigenvalue weighted by Gasteiger charge is 2.69. The molecule has 2 saturated heterocycles. The predicted octanol–water partition coefficient (Wildman–Crippen LogP) is 3.07. The van der Waals surface area contributed by atoms with Crippen molar-refractivity contribution in [3.05, 3.63) is 63.6 Å². The molecule has 0 spiro atoms. The number of nitrogens with zero attached hydrogens (tertiary/aromatic N) is 1. The summed E-state index contributed by atoms with van der Waals surface area (Å²) >= 11 is 11.7. The van der Waals surface area contributed by atoms with Gasteiger partial charge in [-0.05, 0) is 48.5 Å². The smallest absolute Gasteiger partial charge is 0.228 e. The summed E-state index contributed by atoms with van der Waals surface area (Å²) in [5, 5.41) is 10.7. The molecule has 0 aliphatic carbocycles. The first kappa shape index (κ1) is 19.0. The van der Waals surface area contributed by atoms with E-state index >= 15 is 0 Å². The van der Waals surface area contributed by atoms with Crippen LogP contribution in [0.15, 0.2) is 52.9 Å². The van der Waals surface area contributed by atoms with E-state index in [-0.39, 0.29) is 28.3 Å². The van der Waals surface area contributed by atoms with Crippen LogP contribution in [0.5, 0.6) is 5.75 Å². The number of hydrogen-bond acceptors (Lipinski definition) is 5. The number of phenols is 1. The van der Waals surface area contributed by atoms with Crippen molar-refractivity contribution in [3.63, 3.8) is 0 Å². The van der Waals surface area contributed by atoms with Crippen molar-refractivity contribution in [1.82, 2.24) is 4.90 Å². The largest absolute Gasteiger partial charge is 0.507 e. The Hall–Kier alpha value is -2.35. The number of hydrogen-bond donors (Lipinski definition) is 1. The van der Waals surface area contributed by atoms with Gasteiger partial charge in [0, 0.05) is 21.2 Å². The molecule has 9 heteroatoms. The lowest BCUT2D eigenvalue weighted by Gasteiger charge is -2.44. The van der Waals surface area contributed by atoms with Crippen molar-refractivity contribution in [2.75, 3.05) is 6.54 Å². The Labute approximate surface area is 170 Å². The van der Waals surface area contributed by atoms with Gasteiger partial charge in [-0.25, -0.2) is 8.42 Å². The van der Waals surface area contributed by atoms with E-state index in [1.165, 1.54) is 48.5 Å². The maximum absolute atomic E-state index is 13.2. The molecular weight excluding hydrogens is 425 g/mol. The fraction of sp³-hybridized carbons (Fsp3) is 0.158. The summed E-state index contributed by atoms with van der Waals surface area (Å²) < 4.78 is 26.5. The zero-order chi connectivity index (χ0) is 20.3. The number of phenolic OH excluding ortho intramolecular Hbond substituents is 1. The molecule has 28 heavy (non-hydrogen) atoms. The predicted molar refractivity (Wildman–Crippen MR) is 104 cm³/mol. The van der Waals surface area contributed by atoms with Gasteiger partial charge in [0.15, 0.2) is 0 Å². The SMILES string of the molecule is O=C1CC2(S(=O)(=O)c3ccc(Cl)cc3)C(=O)C(=Cc3cc(Cl)ccc3O)CN12. The van der Waals surface area contributed by atoms with E-state index in [0.717, 1.165) is 4.90 Å². The summed E-state index contributed by atoms with van der Waals surface area (Å²) in [5.74, 6) is -1.22. The van der Waals surface area contributed by atoms with Gasteiger partial charge in [0.25, 0.3) is 0 Å². The number of amides is 1. The molecule has 1 N–H and O–H groups in total. The molecule has 2 aliphatic rings. The topological polar surface area (TPSA) is 91.8 Å². The van der Waals surface area contributed by atoms with Crippen molar-refractivity contribution >= 4 is 50.8 Å². The number of ketones is 1. The zero-order valence-corrected chi connectivity index (χ0v) is 16.6. The van der Waals surface area contributed by atoms with Crippen molar-refractivity contribution in [2.24, 2.45) is 0 Å². The summed E-state index contributed by atoms with van der Waals surface area (Å²) in [6.45, 7) is -0.156. The molecule has 2 aromatic rings. The molecule has 4 rings (SSSR count). The van der Waals surface area contributed by atoms with Crippen LogP contribution in [0.1, 0.15) is 12.0 Å². The summed E-state index contributed by atoms with van der Waals surface area (Å²) in [6, 6.07) is 9.75. The van der Waals surface area contributed by atoms with Crippen molar-refractivity contribution < 1.29 is 23.1 Å². The summed E-state index contributed by atoms with van der Waals surface area (Å²) in [7, 11) is -4.18. The number of fused-ring (bicyclic) bond motifs is 1. The second-order valence-electron chi connectivity index (χ2n) is 6.60. The van der Waals surface area contributed by atoms with E-state index in [1.54, 1.807) is 0 Å². The van der Waals surface area contributed by atoms with Crippen LogP contribution in [-0.2, 0) is 19.4 Å². The quantitative estimate of drug-likeness (QED) is 0.588. The molecule has 2 fully saturated rings. The van der Waals surface area contributed by atoms with Gasteiger partial charge in [-0.3, -0.25) is 9.59 Å². The Balaban J connectivity index is 1.81. The van der Waals surface area contributed by atoms with Crippen LogP contribution in [0.3, 0.4) is 0 Å². The maximum Gasteiger partial charge on any atom is 0.228 e. The van der Waals surface area contributed by atoms with E-state index in [0.29, 0.717) is 10.0 Å². The standard InChI is InChI=1S/C19H13Cl2NO5S/c20-13-1-4-15(5-2-13)28(26,27)19-9-17(24)22(19)10-12(18(19)25)7-11-8-14(21)3-6-16(11)23/h1-8,23H,9-10H2. The molecule has 0 aromatic heterocycles. The Morgan fingerprint density at radius 1 is 1.04 bits per heavy atom. The number of aromatic hydroxyl groups is 1. The number of Topliss-reactive ketones (excluding diaryl/α,β-unsaturated/α-hetero) is 1. The van der Waals surface area contributed by atoms with Crippen molar-refractivity contribution in [1.29, 1.82) is 0 Å². The average Bonchev–Trinajstić information content (AvgIpc) is 2.87. The minimum absolute atomic E-state index is 0.0883. The normalized spacial score (nSPS) is 23.1. The van der Waals surface area contributed by atoms with Crippen molar-refractivity contribution in [3.8, 4) is 5.75 Å². The van der Waals surface area contributed by atoms with Gasteiger partial charge < -0.3 is 10.0 Å². The third-order valence-corrected chi connectivity index (χ3v) is 7.81. The van der Waals surface area contributed by atoms with Gasteiger partial charge in [-0.1, -0.05) is 23.2 Å². The Morgan fingerprint density at radius 3 is 2.32 bits per heavy atom. The molecule has 2 aromatic carbocycles. The average molecular weight is 438 g/mol. The summed E-state index contributed by atoms with van der Waals surface area (Å²) in [5.41, 5.74) is 0.380.